The highest BCUT2D eigenvalue weighted by atomic mass is 35.5. The van der Waals surface area contributed by atoms with E-state index in [-0.39, 0.29) is 35.7 Å². The van der Waals surface area contributed by atoms with Gasteiger partial charge in [-0.25, -0.2) is 4.39 Å². The van der Waals surface area contributed by atoms with Crippen molar-refractivity contribution >= 4 is 63.1 Å². The maximum absolute atomic E-state index is 15.4. The second-order valence-electron chi connectivity index (χ2n) is 14.4. The van der Waals surface area contributed by atoms with Crippen molar-refractivity contribution < 1.29 is 33.6 Å². The van der Waals surface area contributed by atoms with Crippen LogP contribution >= 0.6 is 11.6 Å². The number of nitro benzene ring substituents is 1. The average Bonchev–Trinajstić information content (AvgIpc) is 3.57. The lowest BCUT2D eigenvalue weighted by molar-refractivity contribution is -0.384. The van der Waals surface area contributed by atoms with Crippen LogP contribution in [0.15, 0.2) is 121 Å². The number of allylic oxidation sites excluding steroid dienone is 2. The second kappa shape index (κ2) is 12.6. The summed E-state index contributed by atoms with van der Waals surface area (Å²) in [6, 6.07) is 27.7. The van der Waals surface area contributed by atoms with E-state index >= 15 is 4.79 Å². The standard InChI is InChI=1S/C42H30ClFN4O7/c43-24-8-6-23(7-9-24)42-33(39(51)47(41(42)53)45-26-12-10-25(44)11-13-26)21-32-30(37(42)36-29-4-2-1-3-22(29)5-20-34(36)49)18-19-31-35(32)40(52)46(38(31)50)27-14-16-28(17-15-27)48(54)55/h1-18,20,31-33,35,37,45,49H,19,21H2. The lowest BCUT2D eigenvalue weighted by atomic mass is 9.48. The molecular formula is C42H30ClFN4O7. The quantitative estimate of drug-likeness (QED) is 0.0786. The van der Waals surface area contributed by atoms with Crippen molar-refractivity contribution in [3.8, 4) is 5.75 Å². The molecule has 55 heavy (non-hydrogen) atoms. The first-order valence-corrected chi connectivity index (χ1v) is 18.1. The van der Waals surface area contributed by atoms with Crippen molar-refractivity contribution in [1.29, 1.82) is 0 Å². The molecule has 5 aromatic rings. The van der Waals surface area contributed by atoms with Gasteiger partial charge in [0.15, 0.2) is 0 Å². The Morgan fingerprint density at radius 3 is 2.25 bits per heavy atom. The number of aromatic hydroxyl groups is 1. The number of carbonyl (C=O) groups is 4. The Labute approximate surface area is 317 Å². The summed E-state index contributed by atoms with van der Waals surface area (Å²) >= 11 is 6.39. The predicted octanol–water partition coefficient (Wildman–Crippen LogP) is 7.44. The molecule has 2 heterocycles. The summed E-state index contributed by atoms with van der Waals surface area (Å²) in [6.45, 7) is 0. The van der Waals surface area contributed by atoms with Crippen molar-refractivity contribution in [2.75, 3.05) is 10.3 Å². The van der Waals surface area contributed by atoms with E-state index < -0.39 is 69.4 Å². The molecular weight excluding hydrogens is 727 g/mol. The Morgan fingerprint density at radius 1 is 0.836 bits per heavy atom. The van der Waals surface area contributed by atoms with Gasteiger partial charge < -0.3 is 5.11 Å². The van der Waals surface area contributed by atoms with Gasteiger partial charge in [-0.3, -0.25) is 39.6 Å². The number of nitrogens with zero attached hydrogens (tertiary/aromatic N) is 3. The highest BCUT2D eigenvalue weighted by molar-refractivity contribution is 6.30. The van der Waals surface area contributed by atoms with Gasteiger partial charge in [-0.05, 0) is 89.7 Å². The highest BCUT2D eigenvalue weighted by Crippen LogP contribution is 2.65. The fraction of sp³-hybridized carbons (Fsp3) is 0.190. The topological polar surface area (TPSA) is 150 Å². The lowest BCUT2D eigenvalue weighted by Gasteiger charge is -2.51. The van der Waals surface area contributed by atoms with Crippen LogP contribution in [0.4, 0.5) is 21.5 Å². The number of hydrogen-bond acceptors (Lipinski definition) is 8. The molecule has 2 aliphatic carbocycles. The fourth-order valence-corrected chi connectivity index (χ4v) is 9.66. The first-order chi connectivity index (χ1) is 26.5. The molecule has 0 radical (unpaired) electrons. The van der Waals surface area contributed by atoms with E-state index in [0.29, 0.717) is 27.1 Å². The normalized spacial score (nSPS) is 25.8. The summed E-state index contributed by atoms with van der Waals surface area (Å²) < 4.78 is 13.9. The largest absolute Gasteiger partial charge is 0.508 e. The minimum absolute atomic E-state index is 0.00303. The number of nitro groups is 1. The van der Waals surface area contributed by atoms with E-state index in [1.165, 1.54) is 48.5 Å². The third kappa shape index (κ3) is 5.01. The predicted molar refractivity (Wildman–Crippen MR) is 200 cm³/mol. The molecule has 13 heteroatoms. The van der Waals surface area contributed by atoms with Crippen LogP contribution in [0.3, 0.4) is 0 Å². The SMILES string of the molecule is O=C1C2CC3C(=CCC4C(=O)N(c5ccc([N+](=O)[O-])cc5)C(=O)C43)C(c3c(O)ccc4ccccc34)C2(c2ccc(Cl)cc2)C(=O)N1Nc1ccc(F)cc1. The van der Waals surface area contributed by atoms with Crippen LogP contribution in [0.2, 0.25) is 5.02 Å². The molecule has 11 nitrogen and oxygen atoms in total. The van der Waals surface area contributed by atoms with E-state index in [1.807, 2.05) is 30.3 Å². The van der Waals surface area contributed by atoms with Gasteiger partial charge in [-0.2, -0.15) is 5.01 Å². The molecule has 4 aliphatic rings. The van der Waals surface area contributed by atoms with Gasteiger partial charge in [0, 0.05) is 28.6 Å². The van der Waals surface area contributed by atoms with Crippen LogP contribution in [0.5, 0.6) is 5.75 Å². The molecule has 6 atom stereocenters. The number of amides is 4. The Hall–Kier alpha value is -6.40. The number of fused-ring (bicyclic) bond motifs is 5. The third-order valence-electron chi connectivity index (χ3n) is 11.8. The van der Waals surface area contributed by atoms with Crippen LogP contribution in [0.25, 0.3) is 10.8 Å². The smallest absolute Gasteiger partial charge is 0.269 e. The maximum atomic E-state index is 15.4. The lowest BCUT2D eigenvalue weighted by Crippen LogP contribution is -2.53. The summed E-state index contributed by atoms with van der Waals surface area (Å²) in [7, 11) is 0. The van der Waals surface area contributed by atoms with Crippen LogP contribution in [-0.4, -0.2) is 38.7 Å². The van der Waals surface area contributed by atoms with Crippen LogP contribution in [0, 0.1) is 39.6 Å². The zero-order valence-electron chi connectivity index (χ0n) is 28.8. The number of phenolic OH excluding ortho intramolecular Hbond substituents is 1. The first kappa shape index (κ1) is 34.4. The molecule has 3 fully saturated rings. The van der Waals surface area contributed by atoms with Gasteiger partial charge in [0.05, 0.1) is 39.5 Å². The van der Waals surface area contributed by atoms with E-state index in [0.717, 1.165) is 15.3 Å². The average molecular weight is 757 g/mol. The summed E-state index contributed by atoms with van der Waals surface area (Å²) in [5.74, 6) is -7.42. The van der Waals surface area contributed by atoms with E-state index in [1.54, 1.807) is 36.4 Å². The third-order valence-corrected chi connectivity index (χ3v) is 12.1. The number of phenols is 1. The summed E-state index contributed by atoms with van der Waals surface area (Å²) in [4.78, 5) is 70.9. The molecule has 0 aromatic heterocycles. The number of halogens is 2. The monoisotopic (exact) mass is 756 g/mol. The van der Waals surface area contributed by atoms with Gasteiger partial charge in [-0.15, -0.1) is 0 Å². The minimum Gasteiger partial charge on any atom is -0.508 e. The van der Waals surface area contributed by atoms with Crippen molar-refractivity contribution in [3.05, 3.63) is 153 Å². The number of carbonyl (C=O) groups excluding carboxylic acids is 4. The number of hydrogen-bond donors (Lipinski definition) is 2. The molecule has 9 rings (SSSR count). The van der Waals surface area contributed by atoms with E-state index in [2.05, 4.69) is 5.43 Å². The van der Waals surface area contributed by atoms with E-state index in [9.17, 15) is 34.0 Å². The van der Waals surface area contributed by atoms with Crippen molar-refractivity contribution in [3.63, 3.8) is 0 Å². The number of benzene rings is 5. The Morgan fingerprint density at radius 2 is 1.55 bits per heavy atom. The molecule has 274 valence electrons. The van der Waals surface area contributed by atoms with Crippen molar-refractivity contribution in [1.82, 2.24) is 5.01 Å². The van der Waals surface area contributed by atoms with Crippen molar-refractivity contribution in [2.24, 2.45) is 23.7 Å². The molecule has 6 unspecified atom stereocenters. The Balaban J connectivity index is 1.26. The number of nitrogens with one attached hydrogen (secondary N) is 1. The Bertz CT molecular complexity index is 2510. The summed E-state index contributed by atoms with van der Waals surface area (Å²) in [5.41, 5.74) is 2.99. The molecule has 5 aromatic carbocycles. The van der Waals surface area contributed by atoms with Gasteiger partial charge >= 0.3 is 0 Å². The molecule has 4 amide bonds. The van der Waals surface area contributed by atoms with Gasteiger partial charge in [-0.1, -0.05) is 65.7 Å². The number of non-ortho nitro benzene ring substituents is 1. The van der Waals surface area contributed by atoms with Crippen LogP contribution in [-0.2, 0) is 24.6 Å². The summed E-state index contributed by atoms with van der Waals surface area (Å²) in [6.07, 6.45) is 2.01. The van der Waals surface area contributed by atoms with Gasteiger partial charge in [0.2, 0.25) is 11.8 Å². The van der Waals surface area contributed by atoms with E-state index in [4.69, 9.17) is 11.6 Å². The Kier molecular flexibility index (Phi) is 7.87. The number of hydrazine groups is 1. The zero-order chi connectivity index (χ0) is 38.3. The minimum atomic E-state index is -1.69. The van der Waals surface area contributed by atoms with Crippen LogP contribution < -0.4 is 10.3 Å². The molecule has 1 saturated carbocycles. The molecule has 2 saturated heterocycles. The van der Waals surface area contributed by atoms with Gasteiger partial charge in [0.1, 0.15) is 11.6 Å². The molecule has 0 spiro atoms. The fourth-order valence-electron chi connectivity index (χ4n) is 9.53. The number of imide groups is 2. The molecule has 2 N–H and O–H groups in total. The second-order valence-corrected chi connectivity index (χ2v) is 14.8. The van der Waals surface area contributed by atoms with Gasteiger partial charge in [0.25, 0.3) is 17.5 Å². The summed E-state index contributed by atoms with van der Waals surface area (Å²) in [5, 5.41) is 26.0. The zero-order valence-corrected chi connectivity index (χ0v) is 29.5. The number of anilines is 2. The maximum Gasteiger partial charge on any atom is 0.269 e. The highest BCUT2D eigenvalue weighted by Gasteiger charge is 2.71. The molecule has 2 aliphatic heterocycles. The van der Waals surface area contributed by atoms with Crippen molar-refractivity contribution in [2.45, 2.75) is 24.2 Å². The molecule has 0 bridgehead atoms. The number of rotatable bonds is 6. The van der Waals surface area contributed by atoms with Crippen LogP contribution in [0.1, 0.15) is 29.9 Å². The first-order valence-electron chi connectivity index (χ1n) is 17.7.